The van der Waals surface area contributed by atoms with Gasteiger partial charge in [-0.2, -0.15) is 0 Å². The molecular weight excluding hydrogens is 634 g/mol. The van der Waals surface area contributed by atoms with Crippen molar-refractivity contribution in [2.75, 3.05) is 38.1 Å². The average Bonchev–Trinajstić information content (AvgIpc) is 3.06. The third kappa shape index (κ3) is 10.0. The summed E-state index contributed by atoms with van der Waals surface area (Å²) in [5.41, 5.74) is 1.60. The van der Waals surface area contributed by atoms with E-state index in [1.54, 1.807) is 66.4 Å². The average molecular weight is 682 g/mol. The van der Waals surface area contributed by atoms with Crippen molar-refractivity contribution in [2.24, 2.45) is 5.92 Å². The Balaban J connectivity index is 1.61. The zero-order valence-electron chi connectivity index (χ0n) is 28.0. The molecule has 0 saturated carbocycles. The van der Waals surface area contributed by atoms with E-state index < -0.39 is 27.9 Å². The van der Waals surface area contributed by atoms with Crippen LogP contribution in [0.3, 0.4) is 0 Å². The molecule has 11 nitrogen and oxygen atoms in total. The number of nitrogens with one attached hydrogen (secondary N) is 1. The monoisotopic (exact) mass is 681 g/mol. The number of carbonyl (C=O) groups is 2. The van der Waals surface area contributed by atoms with E-state index in [0.29, 0.717) is 25.4 Å². The molecule has 3 aromatic rings. The summed E-state index contributed by atoms with van der Waals surface area (Å²) in [6.07, 6.45) is 1.92. The van der Waals surface area contributed by atoms with Gasteiger partial charge in [0, 0.05) is 37.8 Å². The van der Waals surface area contributed by atoms with Gasteiger partial charge >= 0.3 is 5.97 Å². The molecule has 1 aliphatic rings. The summed E-state index contributed by atoms with van der Waals surface area (Å²) >= 11 is 0. The van der Waals surface area contributed by atoms with E-state index >= 15 is 0 Å². The van der Waals surface area contributed by atoms with E-state index in [0.717, 1.165) is 24.8 Å². The predicted molar refractivity (Wildman–Crippen MR) is 184 cm³/mol. The summed E-state index contributed by atoms with van der Waals surface area (Å²) in [7, 11) is -1.94. The van der Waals surface area contributed by atoms with Gasteiger partial charge in [0.25, 0.3) is 15.9 Å². The number of sulfonamides is 1. The fraction of sp³-hybridized carbons (Fsp3) is 0.444. The smallest absolute Gasteiger partial charge is 0.335 e. The normalized spacial score (nSPS) is 20.3. The number of aromatic carboxylic acids is 1. The molecule has 260 valence electrons. The maximum Gasteiger partial charge on any atom is 0.335 e. The first-order chi connectivity index (χ1) is 22.9. The van der Waals surface area contributed by atoms with Crippen LogP contribution in [0.1, 0.15) is 66.3 Å². The van der Waals surface area contributed by atoms with Crippen LogP contribution in [0.4, 0.5) is 5.69 Å². The molecule has 0 fully saturated rings. The maximum atomic E-state index is 14.4. The van der Waals surface area contributed by atoms with Crippen LogP contribution in [0.5, 0.6) is 5.75 Å². The van der Waals surface area contributed by atoms with Crippen molar-refractivity contribution in [2.45, 2.75) is 69.7 Å². The Morgan fingerprint density at radius 1 is 1.06 bits per heavy atom. The fourth-order valence-electron chi connectivity index (χ4n) is 5.70. The van der Waals surface area contributed by atoms with E-state index in [2.05, 4.69) is 9.62 Å². The van der Waals surface area contributed by atoms with E-state index in [1.165, 1.54) is 18.2 Å². The van der Waals surface area contributed by atoms with Crippen molar-refractivity contribution < 1.29 is 37.7 Å². The Bertz CT molecular complexity index is 1620. The first-order valence-corrected chi connectivity index (χ1v) is 17.8. The van der Waals surface area contributed by atoms with Crippen molar-refractivity contribution in [1.29, 1.82) is 0 Å². The topological polar surface area (TPSA) is 146 Å². The minimum Gasteiger partial charge on any atom is -0.490 e. The number of aliphatic hydroxyl groups excluding tert-OH is 1. The van der Waals surface area contributed by atoms with Gasteiger partial charge in [0.15, 0.2) is 0 Å². The molecule has 1 heterocycles. The zero-order chi connectivity index (χ0) is 34.8. The first kappa shape index (κ1) is 36.9. The molecule has 0 unspecified atom stereocenters. The van der Waals surface area contributed by atoms with E-state index in [-0.39, 0.29) is 53.0 Å². The molecule has 4 rings (SSSR count). The third-order valence-electron chi connectivity index (χ3n) is 8.50. The van der Waals surface area contributed by atoms with Gasteiger partial charge in [-0.15, -0.1) is 0 Å². The third-order valence-corrected chi connectivity index (χ3v) is 9.90. The molecular formula is C36H47N3O8S. The number of ether oxygens (including phenoxy) is 2. The van der Waals surface area contributed by atoms with E-state index in [9.17, 15) is 28.2 Å². The van der Waals surface area contributed by atoms with Gasteiger partial charge in [0.1, 0.15) is 5.75 Å². The van der Waals surface area contributed by atoms with Crippen LogP contribution in [-0.4, -0.2) is 91.9 Å². The Morgan fingerprint density at radius 3 is 2.44 bits per heavy atom. The molecule has 0 spiro atoms. The van der Waals surface area contributed by atoms with Gasteiger partial charge in [0.2, 0.25) is 0 Å². The highest BCUT2D eigenvalue weighted by atomic mass is 32.2. The molecule has 0 radical (unpaired) electrons. The second-order valence-electron chi connectivity index (χ2n) is 12.6. The van der Waals surface area contributed by atoms with Crippen LogP contribution in [0.15, 0.2) is 77.7 Å². The Morgan fingerprint density at radius 2 is 1.77 bits per heavy atom. The standard InChI is InChI=1S/C36H47N3O8S/c1-25-21-39(26(2)24-40)35(41)32-20-30(37-48(44,45)31-11-6-5-7-12-31)17-18-33(32)47-27(3)10-8-9-19-46-34(25)23-38(4)22-28-13-15-29(16-14-28)36(42)43/h5-7,11-18,20,25-27,34,37,40H,8-10,19,21-24H2,1-4H3,(H,42,43)/t25-,26-,27+,34+/m0/s1. The van der Waals surface area contributed by atoms with E-state index in [4.69, 9.17) is 9.47 Å². The lowest BCUT2D eigenvalue weighted by molar-refractivity contribution is -0.0177. The number of hydrogen-bond acceptors (Lipinski definition) is 8. The zero-order valence-corrected chi connectivity index (χ0v) is 28.9. The summed E-state index contributed by atoms with van der Waals surface area (Å²) in [5, 5.41) is 19.5. The van der Waals surface area contributed by atoms with Crippen molar-refractivity contribution in [3.63, 3.8) is 0 Å². The summed E-state index contributed by atoms with van der Waals surface area (Å²) in [6, 6.07) is 18.9. The minimum absolute atomic E-state index is 0.0962. The second-order valence-corrected chi connectivity index (χ2v) is 14.3. The number of carbonyl (C=O) groups excluding carboxylic acids is 1. The lowest BCUT2D eigenvalue weighted by Gasteiger charge is -2.36. The number of aliphatic hydroxyl groups is 1. The molecule has 12 heteroatoms. The molecule has 0 bridgehead atoms. The molecule has 1 aliphatic heterocycles. The lowest BCUT2D eigenvalue weighted by atomic mass is 10.0. The number of hydrogen-bond donors (Lipinski definition) is 3. The fourth-order valence-corrected chi connectivity index (χ4v) is 6.77. The van der Waals surface area contributed by atoms with Crippen molar-refractivity contribution in [3.8, 4) is 5.75 Å². The number of anilines is 1. The number of likely N-dealkylation sites (N-methyl/N-ethyl adjacent to an activating group) is 1. The molecule has 3 aromatic carbocycles. The molecule has 1 amide bonds. The summed E-state index contributed by atoms with van der Waals surface area (Å²) < 4.78 is 41.5. The summed E-state index contributed by atoms with van der Waals surface area (Å²) in [5.74, 6) is -1.17. The van der Waals surface area contributed by atoms with Gasteiger partial charge in [-0.1, -0.05) is 37.3 Å². The van der Waals surface area contributed by atoms with E-state index in [1.807, 2.05) is 20.9 Å². The molecule has 0 saturated heterocycles. The Labute approximate surface area is 283 Å². The number of carboxylic acid groups (broad SMARTS) is 1. The molecule has 0 aromatic heterocycles. The minimum atomic E-state index is -3.91. The van der Waals surface area contributed by atoms with Crippen LogP contribution in [0, 0.1) is 5.92 Å². The maximum absolute atomic E-state index is 14.4. The quantitative estimate of drug-likeness (QED) is 0.266. The number of fused-ring (bicyclic) bond motifs is 1. The van der Waals surface area contributed by atoms with Crippen molar-refractivity contribution in [1.82, 2.24) is 9.80 Å². The molecule has 3 N–H and O–H groups in total. The molecule has 0 aliphatic carbocycles. The van der Waals surface area contributed by atoms with Gasteiger partial charge in [0.05, 0.1) is 40.9 Å². The lowest BCUT2D eigenvalue weighted by Crippen LogP contribution is -2.47. The molecule has 4 atom stereocenters. The molecule has 48 heavy (non-hydrogen) atoms. The predicted octanol–water partition coefficient (Wildman–Crippen LogP) is 5.11. The summed E-state index contributed by atoms with van der Waals surface area (Å²) in [4.78, 5) is 29.4. The van der Waals surface area contributed by atoms with Crippen LogP contribution in [0.2, 0.25) is 0 Å². The SMILES string of the molecule is C[C@@H]1CCCCO[C@H](CN(C)Cc2ccc(C(=O)O)cc2)[C@@H](C)CN([C@@H](C)CO)C(=O)c2cc(NS(=O)(=O)c3ccccc3)ccc2O1. The van der Waals surface area contributed by atoms with Crippen LogP contribution in [-0.2, 0) is 21.3 Å². The second kappa shape index (κ2) is 16.9. The number of nitrogens with zero attached hydrogens (tertiary/aromatic N) is 2. The van der Waals surface area contributed by atoms with Gasteiger partial charge in [-0.3, -0.25) is 14.4 Å². The Kier molecular flexibility index (Phi) is 13.0. The van der Waals surface area contributed by atoms with Crippen molar-refractivity contribution >= 4 is 27.6 Å². The van der Waals surface area contributed by atoms with Crippen molar-refractivity contribution in [3.05, 3.63) is 89.5 Å². The number of carboxylic acids is 1. The van der Waals surface area contributed by atoms with Gasteiger partial charge in [-0.25, -0.2) is 13.2 Å². The highest BCUT2D eigenvalue weighted by Gasteiger charge is 2.30. The number of amides is 1. The Hall–Kier alpha value is -3.97. The van der Waals surface area contributed by atoms with Crippen LogP contribution < -0.4 is 9.46 Å². The highest BCUT2D eigenvalue weighted by molar-refractivity contribution is 7.92. The summed E-state index contributed by atoms with van der Waals surface area (Å²) in [6.45, 7) is 7.37. The van der Waals surface area contributed by atoms with Gasteiger partial charge in [-0.05, 0) is 88.2 Å². The highest BCUT2D eigenvalue weighted by Crippen LogP contribution is 2.29. The van der Waals surface area contributed by atoms with Crippen LogP contribution >= 0.6 is 0 Å². The van der Waals surface area contributed by atoms with Gasteiger partial charge < -0.3 is 24.6 Å². The largest absolute Gasteiger partial charge is 0.490 e. The van der Waals surface area contributed by atoms with Crippen LogP contribution in [0.25, 0.3) is 0 Å². The number of rotatable bonds is 10. The first-order valence-electron chi connectivity index (χ1n) is 16.3. The number of benzene rings is 3.